The van der Waals surface area contributed by atoms with Gasteiger partial charge in [0.2, 0.25) is 0 Å². The third kappa shape index (κ3) is 5.51. The Morgan fingerprint density at radius 3 is 2.32 bits per heavy atom. The number of Topliss-reactive ketones (excluding diaryl/α,β-unsaturated/α-hetero) is 1. The molecule has 0 amide bonds. The Morgan fingerprint density at radius 1 is 1.32 bits per heavy atom. The van der Waals surface area contributed by atoms with Crippen LogP contribution in [0.5, 0.6) is 11.5 Å². The third-order valence-electron chi connectivity index (χ3n) is 3.46. The van der Waals surface area contributed by atoms with Crippen molar-refractivity contribution in [3.05, 3.63) is 22.2 Å². The van der Waals surface area contributed by atoms with Crippen LogP contribution < -0.4 is 14.2 Å². The van der Waals surface area contributed by atoms with E-state index in [9.17, 15) is 9.35 Å². The highest BCUT2D eigenvalue weighted by atomic mass is 35.5. The number of carbonyl (C=O) groups is 1. The van der Waals surface area contributed by atoms with Gasteiger partial charge in [0.25, 0.3) is 0 Å². The van der Waals surface area contributed by atoms with Gasteiger partial charge in [-0.3, -0.25) is 4.79 Å². The zero-order valence-electron chi connectivity index (χ0n) is 16.0. The first-order valence-electron chi connectivity index (χ1n) is 8.35. The van der Waals surface area contributed by atoms with E-state index in [0.717, 1.165) is 0 Å². The van der Waals surface area contributed by atoms with Gasteiger partial charge >= 0.3 is 0 Å². The van der Waals surface area contributed by atoms with E-state index < -0.39 is 16.1 Å². The lowest BCUT2D eigenvalue weighted by Gasteiger charge is -2.27. The molecule has 0 aromatic heterocycles. The minimum atomic E-state index is -1.27. The van der Waals surface area contributed by atoms with Crippen LogP contribution in [0.4, 0.5) is 0 Å². The summed E-state index contributed by atoms with van der Waals surface area (Å²) in [5.74, 6) is 0.556. The van der Waals surface area contributed by atoms with E-state index in [4.69, 9.17) is 21.1 Å². The lowest BCUT2D eigenvalue weighted by atomic mass is 10.0. The monoisotopic (exact) mass is 389 g/mol. The summed E-state index contributed by atoms with van der Waals surface area (Å²) in [5, 5.41) is 0.335. The van der Waals surface area contributed by atoms with Gasteiger partial charge in [0, 0.05) is 11.4 Å². The standard InChI is InChI=1S/C18H28ClNO4S/c1-8-23-14-10-13(11(3)20-25(22)18(5,6)7)16(19)17(24-9-2)15(14)12(4)21/h10-11,20H,8-9H2,1-7H3/t11-,25?/m1/s1. The van der Waals surface area contributed by atoms with Crippen LogP contribution in [0.3, 0.4) is 0 Å². The molecular weight excluding hydrogens is 362 g/mol. The summed E-state index contributed by atoms with van der Waals surface area (Å²) >= 11 is 5.26. The average Bonchev–Trinajstić information content (AvgIpc) is 2.49. The van der Waals surface area contributed by atoms with Gasteiger partial charge in [-0.25, -0.2) is 0 Å². The van der Waals surface area contributed by atoms with E-state index in [0.29, 0.717) is 40.9 Å². The highest BCUT2D eigenvalue weighted by molar-refractivity contribution is 7.90. The number of ketones is 1. The second kappa shape index (κ2) is 9.12. The Hall–Kier alpha value is -0.950. The molecule has 142 valence electrons. The van der Waals surface area contributed by atoms with Crippen LogP contribution in [-0.2, 0) is 11.4 Å². The van der Waals surface area contributed by atoms with E-state index in [1.54, 1.807) is 6.07 Å². The molecule has 5 nitrogen and oxygen atoms in total. The number of benzene rings is 1. The van der Waals surface area contributed by atoms with Crippen molar-refractivity contribution in [3.8, 4) is 11.5 Å². The fourth-order valence-electron chi connectivity index (χ4n) is 2.23. The summed E-state index contributed by atoms with van der Waals surface area (Å²) in [6.07, 6.45) is 0. The normalized spacial score (nSPS) is 14.1. The molecule has 1 N–H and O–H groups in total. The number of rotatable bonds is 8. The highest BCUT2D eigenvalue weighted by Gasteiger charge is 2.31. The van der Waals surface area contributed by atoms with Gasteiger partial charge in [0.05, 0.1) is 24.3 Å². The van der Waals surface area contributed by atoms with Gasteiger partial charge in [0.1, 0.15) is 16.1 Å². The molecule has 25 heavy (non-hydrogen) atoms. The molecule has 0 fully saturated rings. The first-order valence-corrected chi connectivity index (χ1v) is 9.88. The number of ether oxygens (including phenoxy) is 2. The SMILES string of the molecule is CCOc1cc([C@@H](C)N[S+]([O-])C(C)(C)C)c(Cl)c(OCC)c1C(C)=O. The lowest BCUT2D eigenvalue weighted by Crippen LogP contribution is -2.40. The van der Waals surface area contributed by atoms with Crippen LogP contribution in [-0.4, -0.2) is 28.3 Å². The number of carbonyl (C=O) groups excluding carboxylic acids is 1. The number of hydrogen-bond donors (Lipinski definition) is 1. The van der Waals surface area contributed by atoms with Crippen LogP contribution in [0.25, 0.3) is 0 Å². The summed E-state index contributed by atoms with van der Waals surface area (Å²) in [5.41, 5.74) is 1.01. The molecule has 0 radical (unpaired) electrons. The topological polar surface area (TPSA) is 70.6 Å². The minimum Gasteiger partial charge on any atom is -0.598 e. The van der Waals surface area contributed by atoms with Gasteiger partial charge < -0.3 is 14.0 Å². The van der Waals surface area contributed by atoms with Gasteiger partial charge in [-0.2, -0.15) is 0 Å². The number of halogens is 1. The van der Waals surface area contributed by atoms with E-state index >= 15 is 0 Å². The summed E-state index contributed by atoms with van der Waals surface area (Å²) in [6, 6.07) is 1.41. The molecule has 0 aliphatic heterocycles. The van der Waals surface area contributed by atoms with E-state index in [2.05, 4.69) is 4.72 Å². The smallest absolute Gasteiger partial charge is 0.167 e. The van der Waals surface area contributed by atoms with E-state index in [-0.39, 0.29) is 11.8 Å². The zero-order chi connectivity index (χ0) is 19.4. The van der Waals surface area contributed by atoms with Crippen LogP contribution in [0.15, 0.2) is 6.07 Å². The molecular formula is C18H28ClNO4S. The van der Waals surface area contributed by atoms with Crippen LogP contribution in [0.1, 0.15) is 70.4 Å². The maximum Gasteiger partial charge on any atom is 0.167 e. The van der Waals surface area contributed by atoms with Crippen molar-refractivity contribution in [3.63, 3.8) is 0 Å². The van der Waals surface area contributed by atoms with Crippen molar-refractivity contribution >= 4 is 28.7 Å². The van der Waals surface area contributed by atoms with Crippen LogP contribution in [0, 0.1) is 0 Å². The van der Waals surface area contributed by atoms with Gasteiger partial charge in [0.15, 0.2) is 11.5 Å². The fourth-order valence-corrected chi connectivity index (χ4v) is 3.40. The molecule has 1 rings (SSSR count). The molecule has 0 saturated heterocycles. The largest absolute Gasteiger partial charge is 0.598 e. The van der Waals surface area contributed by atoms with Gasteiger partial charge in [-0.05, 0) is 60.1 Å². The lowest BCUT2D eigenvalue weighted by molar-refractivity contribution is 0.101. The molecule has 0 aliphatic rings. The maximum atomic E-state index is 12.4. The maximum absolute atomic E-state index is 12.4. The van der Waals surface area contributed by atoms with Crippen LogP contribution >= 0.6 is 11.6 Å². The zero-order valence-corrected chi connectivity index (χ0v) is 17.6. The van der Waals surface area contributed by atoms with Gasteiger partial charge in [-0.15, -0.1) is 4.72 Å². The molecule has 1 unspecified atom stereocenters. The Labute approximate surface area is 158 Å². The van der Waals surface area contributed by atoms with Crippen molar-refractivity contribution < 1.29 is 18.8 Å². The average molecular weight is 390 g/mol. The summed E-state index contributed by atoms with van der Waals surface area (Å²) < 4.78 is 26.3. The summed E-state index contributed by atoms with van der Waals surface area (Å²) in [7, 11) is 0. The van der Waals surface area contributed by atoms with E-state index in [1.165, 1.54) is 6.92 Å². The van der Waals surface area contributed by atoms with Crippen molar-refractivity contribution in [2.45, 2.75) is 59.3 Å². The van der Waals surface area contributed by atoms with Crippen molar-refractivity contribution in [2.75, 3.05) is 13.2 Å². The molecule has 2 atom stereocenters. The van der Waals surface area contributed by atoms with Crippen molar-refractivity contribution in [1.29, 1.82) is 0 Å². The summed E-state index contributed by atoms with van der Waals surface area (Å²) in [4.78, 5) is 12.1. The van der Waals surface area contributed by atoms with Crippen molar-refractivity contribution in [1.82, 2.24) is 4.72 Å². The molecule has 1 aromatic carbocycles. The highest BCUT2D eigenvalue weighted by Crippen LogP contribution is 2.41. The molecule has 7 heteroatoms. The predicted octanol–water partition coefficient (Wildman–Crippen LogP) is 4.45. The Morgan fingerprint density at radius 2 is 1.88 bits per heavy atom. The molecule has 0 saturated carbocycles. The van der Waals surface area contributed by atoms with E-state index in [1.807, 2.05) is 41.5 Å². The molecule has 0 spiro atoms. The molecule has 0 bridgehead atoms. The first kappa shape index (κ1) is 22.1. The molecule has 0 heterocycles. The Bertz CT molecular complexity index is 616. The summed E-state index contributed by atoms with van der Waals surface area (Å²) in [6.45, 7) is 13.4. The second-order valence-corrected chi connectivity index (χ2v) is 9.00. The minimum absolute atomic E-state index is 0.181. The predicted molar refractivity (Wildman–Crippen MR) is 103 cm³/mol. The van der Waals surface area contributed by atoms with Crippen molar-refractivity contribution in [2.24, 2.45) is 0 Å². The van der Waals surface area contributed by atoms with Crippen LogP contribution in [0.2, 0.25) is 5.02 Å². The number of hydrogen-bond acceptors (Lipinski definition) is 5. The Balaban J connectivity index is 3.42. The third-order valence-corrected chi connectivity index (χ3v) is 5.53. The number of nitrogens with one attached hydrogen (secondary N) is 1. The first-order chi connectivity index (χ1) is 11.5. The molecule has 0 aliphatic carbocycles. The van der Waals surface area contributed by atoms with Gasteiger partial charge in [-0.1, -0.05) is 11.6 Å². The second-order valence-electron chi connectivity index (χ2n) is 6.62. The fraction of sp³-hybridized carbons (Fsp3) is 0.611. The molecule has 1 aromatic rings. The Kier molecular flexibility index (Phi) is 8.06. The quantitative estimate of drug-likeness (QED) is 0.525.